The number of nitrogens with one attached hydrogen (secondary N) is 1. The number of hydrogen-bond acceptors (Lipinski definition) is 4. The van der Waals surface area contributed by atoms with Crippen LogP contribution in [0.3, 0.4) is 0 Å². The van der Waals surface area contributed by atoms with Crippen LogP contribution in [0.25, 0.3) is 0 Å². The largest absolute Gasteiger partial charge is 0.401 e. The minimum absolute atomic E-state index is 0.328. The molecule has 0 aliphatic rings. The van der Waals surface area contributed by atoms with E-state index in [0.717, 1.165) is 13.4 Å². The first-order valence-corrected chi connectivity index (χ1v) is 2.81. The van der Waals surface area contributed by atoms with Gasteiger partial charge in [-0.1, -0.05) is 0 Å². The van der Waals surface area contributed by atoms with Crippen LogP contribution in [0.5, 0.6) is 0 Å². The molecule has 0 radical (unpaired) electrons. The van der Waals surface area contributed by atoms with Crippen LogP contribution in [0.15, 0.2) is 11.9 Å². The minimum Gasteiger partial charge on any atom is -0.401 e. The smallest absolute Gasteiger partial charge is 0.139 e. The van der Waals surface area contributed by atoms with E-state index in [9.17, 15) is 4.79 Å². The van der Waals surface area contributed by atoms with Crippen molar-refractivity contribution in [2.24, 2.45) is 5.73 Å². The Morgan fingerprint density at radius 3 is 2.50 bits per heavy atom. The summed E-state index contributed by atoms with van der Waals surface area (Å²) in [5, 5.41) is 9.68. The number of aliphatic hydroxyl groups excluding tert-OH is 1. The highest BCUT2D eigenvalue weighted by Crippen LogP contribution is 1.70. The molecule has 4 nitrogen and oxygen atoms in total. The van der Waals surface area contributed by atoms with E-state index in [1.807, 2.05) is 0 Å². The normalized spacial score (nSPS) is 9.30. The zero-order valence-electron chi connectivity index (χ0n) is 6.29. The minimum atomic E-state index is 0.328. The Balaban J connectivity index is 0. The molecule has 0 atom stereocenters. The number of carbonyl (C=O) groups excluding carboxylic acids is 1. The molecule has 0 aromatic heterocycles. The Hall–Kier alpha value is -1.03. The standard InChI is InChI=1S/C5H10N2O.CH4O/c1-5(6)4-7-2-3-8;1-2/h3-4,7H,2,6H2,1H3;2H,1H3/b5-4-;. The predicted molar refractivity (Wildman–Crippen MR) is 40.2 cm³/mol. The van der Waals surface area contributed by atoms with Crippen LogP contribution >= 0.6 is 0 Å². The summed E-state index contributed by atoms with van der Waals surface area (Å²) in [6, 6.07) is 0. The van der Waals surface area contributed by atoms with Crippen molar-refractivity contribution >= 4 is 6.29 Å². The van der Waals surface area contributed by atoms with Gasteiger partial charge in [0.05, 0.1) is 6.54 Å². The van der Waals surface area contributed by atoms with Crippen LogP contribution in [0.4, 0.5) is 0 Å². The Kier molecular flexibility index (Phi) is 12.7. The summed E-state index contributed by atoms with van der Waals surface area (Å²) in [4.78, 5) is 9.65. The van der Waals surface area contributed by atoms with E-state index < -0.39 is 0 Å². The lowest BCUT2D eigenvalue weighted by Crippen LogP contribution is -2.10. The monoisotopic (exact) mass is 146 g/mol. The van der Waals surface area contributed by atoms with Gasteiger partial charge in [0.1, 0.15) is 6.29 Å². The molecule has 0 rings (SSSR count). The van der Waals surface area contributed by atoms with Crippen molar-refractivity contribution in [3.05, 3.63) is 11.9 Å². The summed E-state index contributed by atoms with van der Waals surface area (Å²) in [6.45, 7) is 2.08. The van der Waals surface area contributed by atoms with Gasteiger partial charge in [-0.3, -0.25) is 0 Å². The quantitative estimate of drug-likeness (QED) is 0.360. The van der Waals surface area contributed by atoms with Crippen LogP contribution < -0.4 is 11.1 Å². The Bertz CT molecular complexity index is 97.9. The molecule has 0 fully saturated rings. The molecule has 0 aromatic carbocycles. The number of aldehydes is 1. The fraction of sp³-hybridized carbons (Fsp3) is 0.500. The van der Waals surface area contributed by atoms with Gasteiger partial charge >= 0.3 is 0 Å². The molecule has 10 heavy (non-hydrogen) atoms. The molecule has 4 N–H and O–H groups in total. The van der Waals surface area contributed by atoms with E-state index in [4.69, 9.17) is 10.8 Å². The first-order valence-electron chi connectivity index (χ1n) is 2.81. The third-order valence-electron chi connectivity index (χ3n) is 0.531. The lowest BCUT2D eigenvalue weighted by atomic mass is 10.5. The van der Waals surface area contributed by atoms with E-state index >= 15 is 0 Å². The van der Waals surface area contributed by atoms with Gasteiger partial charge in [-0.2, -0.15) is 0 Å². The van der Waals surface area contributed by atoms with Crippen LogP contribution in [-0.4, -0.2) is 25.0 Å². The van der Waals surface area contributed by atoms with Crippen LogP contribution in [0.1, 0.15) is 6.92 Å². The Morgan fingerprint density at radius 2 is 2.20 bits per heavy atom. The second-order valence-electron chi connectivity index (χ2n) is 1.46. The van der Waals surface area contributed by atoms with E-state index in [0.29, 0.717) is 12.2 Å². The number of carbonyl (C=O) groups is 1. The summed E-state index contributed by atoms with van der Waals surface area (Å²) in [7, 11) is 1.00. The molecular weight excluding hydrogens is 132 g/mol. The number of rotatable bonds is 3. The van der Waals surface area contributed by atoms with Gasteiger partial charge in [0.2, 0.25) is 0 Å². The molecule has 4 heteroatoms. The summed E-state index contributed by atoms with van der Waals surface area (Å²) in [6.07, 6.45) is 2.37. The fourth-order valence-corrected chi connectivity index (χ4v) is 0.268. The van der Waals surface area contributed by atoms with Crippen molar-refractivity contribution in [2.45, 2.75) is 6.92 Å². The average molecular weight is 146 g/mol. The van der Waals surface area contributed by atoms with Crippen LogP contribution in [0, 0.1) is 0 Å². The van der Waals surface area contributed by atoms with Crippen molar-refractivity contribution in [1.29, 1.82) is 0 Å². The topological polar surface area (TPSA) is 75.3 Å². The van der Waals surface area contributed by atoms with Gasteiger partial charge in [0.25, 0.3) is 0 Å². The Morgan fingerprint density at radius 1 is 1.70 bits per heavy atom. The second kappa shape index (κ2) is 10.9. The van der Waals surface area contributed by atoms with E-state index in [1.54, 1.807) is 13.1 Å². The Labute approximate surface area is 60.7 Å². The second-order valence-corrected chi connectivity index (χ2v) is 1.46. The number of aliphatic hydroxyl groups is 1. The lowest BCUT2D eigenvalue weighted by molar-refractivity contribution is -0.107. The highest BCUT2D eigenvalue weighted by molar-refractivity contribution is 5.52. The van der Waals surface area contributed by atoms with Gasteiger partial charge < -0.3 is 21.0 Å². The molecule has 60 valence electrons. The molecule has 0 heterocycles. The number of allylic oxidation sites excluding steroid dienone is 1. The number of nitrogens with two attached hydrogens (primary N) is 1. The SMILES string of the molecule is C/C(N)=C/NCC=O.CO. The zero-order valence-corrected chi connectivity index (χ0v) is 6.29. The van der Waals surface area contributed by atoms with Crippen molar-refractivity contribution in [2.75, 3.05) is 13.7 Å². The fourth-order valence-electron chi connectivity index (χ4n) is 0.268. The van der Waals surface area contributed by atoms with Crippen LogP contribution in [0.2, 0.25) is 0 Å². The van der Waals surface area contributed by atoms with E-state index in [-0.39, 0.29) is 0 Å². The van der Waals surface area contributed by atoms with Gasteiger partial charge in [-0.05, 0) is 6.92 Å². The highest BCUT2D eigenvalue weighted by atomic mass is 16.2. The molecule has 0 bridgehead atoms. The first kappa shape index (κ1) is 11.7. The van der Waals surface area contributed by atoms with Gasteiger partial charge in [0.15, 0.2) is 0 Å². The lowest BCUT2D eigenvalue weighted by Gasteiger charge is -1.90. The highest BCUT2D eigenvalue weighted by Gasteiger charge is 1.74. The van der Waals surface area contributed by atoms with Crippen LogP contribution in [-0.2, 0) is 4.79 Å². The molecule has 0 aliphatic heterocycles. The molecule has 0 aliphatic carbocycles. The summed E-state index contributed by atoms with van der Waals surface area (Å²) in [5.74, 6) is 0. The van der Waals surface area contributed by atoms with E-state index in [1.165, 1.54) is 0 Å². The predicted octanol–water partition coefficient (Wildman–Crippen LogP) is -0.797. The molecule has 0 spiro atoms. The van der Waals surface area contributed by atoms with Crippen molar-refractivity contribution in [1.82, 2.24) is 5.32 Å². The molecule has 0 aromatic rings. The van der Waals surface area contributed by atoms with Crippen molar-refractivity contribution in [3.63, 3.8) is 0 Å². The van der Waals surface area contributed by atoms with Gasteiger partial charge in [-0.15, -0.1) is 0 Å². The van der Waals surface area contributed by atoms with Crippen molar-refractivity contribution < 1.29 is 9.90 Å². The maximum absolute atomic E-state index is 9.65. The van der Waals surface area contributed by atoms with Gasteiger partial charge in [-0.25, -0.2) is 0 Å². The maximum Gasteiger partial charge on any atom is 0.139 e. The van der Waals surface area contributed by atoms with E-state index in [2.05, 4.69) is 5.32 Å². The zero-order chi connectivity index (χ0) is 8.41. The third kappa shape index (κ3) is 15.8. The average Bonchev–Trinajstić information content (AvgIpc) is 1.92. The first-order chi connectivity index (χ1) is 4.77. The molecule has 0 amide bonds. The molecular formula is C6H14N2O2. The summed E-state index contributed by atoms with van der Waals surface area (Å²) in [5.41, 5.74) is 5.89. The third-order valence-corrected chi connectivity index (χ3v) is 0.531. The maximum atomic E-state index is 9.65. The molecule has 0 unspecified atom stereocenters. The summed E-state index contributed by atoms with van der Waals surface area (Å²) < 4.78 is 0. The van der Waals surface area contributed by atoms with Crippen molar-refractivity contribution in [3.8, 4) is 0 Å². The molecule has 0 saturated heterocycles. The number of hydrogen-bond donors (Lipinski definition) is 3. The molecule has 0 saturated carbocycles. The van der Waals surface area contributed by atoms with Gasteiger partial charge in [0, 0.05) is 19.0 Å². The summed E-state index contributed by atoms with van der Waals surface area (Å²) >= 11 is 0.